The number of anilines is 2. The van der Waals surface area contributed by atoms with Crippen LogP contribution < -0.4 is 29.7 Å². The number of hydrogen-bond donors (Lipinski definition) is 3. The van der Waals surface area contributed by atoms with Crippen molar-refractivity contribution >= 4 is 45.1 Å². The number of methoxy groups -OCH3 is 2. The molecule has 1 saturated carbocycles. The lowest BCUT2D eigenvalue weighted by Crippen LogP contribution is -2.56. The average Bonchev–Trinajstić information content (AvgIpc) is 3.26. The number of nitrogens with one attached hydrogen (secondary N) is 3. The Balaban J connectivity index is 1.26. The monoisotopic (exact) mass is 872 g/mol. The second kappa shape index (κ2) is 20.1. The normalized spacial score (nSPS) is 16.9. The first-order valence-corrected chi connectivity index (χ1v) is 21.7. The van der Waals surface area contributed by atoms with E-state index < -0.39 is 50.9 Å². The van der Waals surface area contributed by atoms with Crippen LogP contribution in [0, 0.1) is 18.7 Å². The molecular formula is C45H50ClFN6O7S. The third-order valence-corrected chi connectivity index (χ3v) is 12.8. The SMILES string of the molecule is COc1ccc(CN(c2ccncn2)S(=O)(=O)c2cc(Cl)c(N[C@H]3CC[C@H](c4cccc(C)c4)C[C@@H]3NC(=O)[C@@H](NC(=O)OCc3ccccc3)C(C)C)cc2F)c(OC)c1. The van der Waals surface area contributed by atoms with E-state index in [0.717, 1.165) is 39.5 Å². The molecule has 4 aromatic carbocycles. The van der Waals surface area contributed by atoms with Crippen molar-refractivity contribution in [3.05, 3.63) is 137 Å². The molecule has 1 aromatic heterocycles. The minimum atomic E-state index is -4.64. The molecule has 5 aromatic rings. The van der Waals surface area contributed by atoms with Gasteiger partial charge in [-0.25, -0.2) is 31.9 Å². The zero-order chi connectivity index (χ0) is 43.7. The lowest BCUT2D eigenvalue weighted by atomic mass is 9.78. The summed E-state index contributed by atoms with van der Waals surface area (Å²) in [5, 5.41) is 9.16. The molecule has 1 aliphatic rings. The summed E-state index contributed by atoms with van der Waals surface area (Å²) in [5.74, 6) is -0.833. The van der Waals surface area contributed by atoms with Crippen molar-refractivity contribution in [2.45, 2.75) is 82.1 Å². The number of carbonyl (C=O) groups excluding carboxylic acids is 2. The molecule has 0 aliphatic heterocycles. The van der Waals surface area contributed by atoms with Gasteiger partial charge in [-0.05, 0) is 73.4 Å². The molecule has 61 heavy (non-hydrogen) atoms. The van der Waals surface area contributed by atoms with Gasteiger partial charge in [-0.15, -0.1) is 0 Å². The van der Waals surface area contributed by atoms with Gasteiger partial charge in [0.2, 0.25) is 5.91 Å². The van der Waals surface area contributed by atoms with Gasteiger partial charge in [0.25, 0.3) is 10.0 Å². The molecular weight excluding hydrogens is 823 g/mol. The number of alkyl carbamates (subject to hydrolysis) is 1. The van der Waals surface area contributed by atoms with Crippen molar-refractivity contribution in [2.24, 2.45) is 5.92 Å². The summed E-state index contributed by atoms with van der Waals surface area (Å²) in [6.45, 7) is 5.44. The Hall–Kier alpha value is -5.93. The number of aromatic nitrogens is 2. The van der Waals surface area contributed by atoms with Crippen molar-refractivity contribution in [1.29, 1.82) is 0 Å². The Labute approximate surface area is 361 Å². The highest BCUT2D eigenvalue weighted by Crippen LogP contribution is 2.38. The Morgan fingerprint density at radius 1 is 0.951 bits per heavy atom. The van der Waals surface area contributed by atoms with Crippen molar-refractivity contribution in [3.63, 3.8) is 0 Å². The number of rotatable bonds is 16. The number of nitrogens with zero attached hydrogens (tertiary/aromatic N) is 3. The van der Waals surface area contributed by atoms with E-state index in [-0.39, 0.29) is 41.5 Å². The van der Waals surface area contributed by atoms with Crippen molar-refractivity contribution in [1.82, 2.24) is 20.6 Å². The largest absolute Gasteiger partial charge is 0.497 e. The number of carbonyl (C=O) groups is 2. The molecule has 2 amide bonds. The highest BCUT2D eigenvalue weighted by molar-refractivity contribution is 7.92. The van der Waals surface area contributed by atoms with Crippen LogP contribution in [0.25, 0.3) is 0 Å². The number of hydrogen-bond acceptors (Lipinski definition) is 10. The standard InChI is InChI=1S/C45H50ClFN6O7S/c1-28(2)43(52-45(55)60-26-30-11-7-6-8-12-30)44(54)51-39-21-32(31-13-9-10-29(3)20-31)15-17-37(39)50-38-24-36(47)41(23-35(38)46)61(56,57)53(42-18-19-48-27-49-42)25-33-14-16-34(58-4)22-40(33)59-5/h6-14,16,18-20,22-24,27-28,32,37,39,43,50H,15,17,21,25-26H2,1-5H3,(H,51,54)(H,52,55)/t32-,37-,39-,43-/m0/s1. The van der Waals surface area contributed by atoms with Gasteiger partial charge in [-0.3, -0.25) is 4.79 Å². The summed E-state index contributed by atoms with van der Waals surface area (Å²) in [6, 6.07) is 24.0. The van der Waals surface area contributed by atoms with Gasteiger partial charge in [-0.2, -0.15) is 0 Å². The first kappa shape index (κ1) is 44.6. The summed E-state index contributed by atoms with van der Waals surface area (Å²) in [5.41, 5.74) is 3.64. The average molecular weight is 873 g/mol. The smallest absolute Gasteiger partial charge is 0.408 e. The van der Waals surface area contributed by atoms with Gasteiger partial charge in [0.05, 0.1) is 31.5 Å². The maximum atomic E-state index is 16.4. The Bertz CT molecular complexity index is 2410. The molecule has 6 rings (SSSR count). The lowest BCUT2D eigenvalue weighted by molar-refractivity contribution is -0.125. The highest BCUT2D eigenvalue weighted by Gasteiger charge is 2.37. The molecule has 0 spiro atoms. The fourth-order valence-electron chi connectivity index (χ4n) is 7.44. The first-order chi connectivity index (χ1) is 29.3. The van der Waals surface area contributed by atoms with E-state index in [1.807, 2.05) is 63.2 Å². The Kier molecular flexibility index (Phi) is 14.7. The van der Waals surface area contributed by atoms with Gasteiger partial charge in [0.15, 0.2) is 0 Å². The highest BCUT2D eigenvalue weighted by atomic mass is 35.5. The van der Waals surface area contributed by atoms with Crippen LogP contribution >= 0.6 is 11.6 Å². The lowest BCUT2D eigenvalue weighted by Gasteiger charge is -2.39. The van der Waals surface area contributed by atoms with Crippen LogP contribution in [0.4, 0.5) is 20.7 Å². The zero-order valence-electron chi connectivity index (χ0n) is 34.6. The van der Waals surface area contributed by atoms with E-state index in [4.69, 9.17) is 25.8 Å². The van der Waals surface area contributed by atoms with E-state index in [0.29, 0.717) is 29.9 Å². The minimum absolute atomic E-state index is 0.00630. The predicted molar refractivity (Wildman–Crippen MR) is 232 cm³/mol. The van der Waals surface area contributed by atoms with Crippen LogP contribution in [0.2, 0.25) is 5.02 Å². The summed E-state index contributed by atoms with van der Waals surface area (Å²) >= 11 is 6.82. The number of ether oxygens (including phenoxy) is 3. The van der Waals surface area contributed by atoms with Gasteiger partial charge in [-0.1, -0.05) is 85.6 Å². The Morgan fingerprint density at radius 2 is 1.74 bits per heavy atom. The number of amides is 2. The van der Waals surface area contributed by atoms with E-state index in [9.17, 15) is 18.0 Å². The van der Waals surface area contributed by atoms with Crippen LogP contribution in [-0.2, 0) is 32.7 Å². The fraction of sp³-hybridized carbons (Fsp3) is 0.333. The molecule has 1 heterocycles. The van der Waals surface area contributed by atoms with Crippen LogP contribution in [0.1, 0.15) is 61.3 Å². The van der Waals surface area contributed by atoms with E-state index in [2.05, 4.69) is 38.1 Å². The third kappa shape index (κ3) is 11.1. The van der Waals surface area contributed by atoms with Gasteiger partial charge < -0.3 is 30.2 Å². The van der Waals surface area contributed by atoms with Crippen LogP contribution in [0.3, 0.4) is 0 Å². The van der Waals surface area contributed by atoms with Gasteiger partial charge >= 0.3 is 6.09 Å². The van der Waals surface area contributed by atoms with Crippen LogP contribution in [0.5, 0.6) is 11.5 Å². The first-order valence-electron chi connectivity index (χ1n) is 19.9. The maximum absolute atomic E-state index is 16.4. The quantitative estimate of drug-likeness (QED) is 0.0883. The molecule has 0 bridgehead atoms. The summed E-state index contributed by atoms with van der Waals surface area (Å²) < 4.78 is 62.4. The van der Waals surface area contributed by atoms with E-state index in [1.165, 1.54) is 32.8 Å². The predicted octanol–water partition coefficient (Wildman–Crippen LogP) is 8.17. The molecule has 13 nitrogen and oxygen atoms in total. The molecule has 0 radical (unpaired) electrons. The topological polar surface area (TPSA) is 161 Å². The molecule has 16 heteroatoms. The second-order valence-corrected chi connectivity index (χ2v) is 17.5. The number of benzene rings is 4. The minimum Gasteiger partial charge on any atom is -0.497 e. The molecule has 322 valence electrons. The zero-order valence-corrected chi connectivity index (χ0v) is 36.2. The molecule has 3 N–H and O–H groups in total. The third-order valence-electron chi connectivity index (χ3n) is 10.7. The molecule has 1 aliphatic carbocycles. The molecule has 1 fully saturated rings. The Morgan fingerprint density at radius 3 is 2.43 bits per heavy atom. The molecule has 0 saturated heterocycles. The van der Waals surface area contributed by atoms with Crippen LogP contribution in [-0.4, -0.2) is 62.7 Å². The van der Waals surface area contributed by atoms with Gasteiger partial charge in [0.1, 0.15) is 47.0 Å². The fourth-order valence-corrected chi connectivity index (χ4v) is 9.20. The van der Waals surface area contributed by atoms with Crippen molar-refractivity contribution in [2.75, 3.05) is 23.8 Å². The van der Waals surface area contributed by atoms with E-state index >= 15 is 4.39 Å². The summed E-state index contributed by atoms with van der Waals surface area (Å²) in [6.07, 6.45) is 3.65. The summed E-state index contributed by atoms with van der Waals surface area (Å²) in [4.78, 5) is 34.3. The van der Waals surface area contributed by atoms with Gasteiger partial charge in [0, 0.05) is 36.0 Å². The van der Waals surface area contributed by atoms with Crippen LogP contribution in [0.15, 0.2) is 108 Å². The number of aryl methyl sites for hydroxylation is 1. The van der Waals surface area contributed by atoms with Crippen molar-refractivity contribution in [3.8, 4) is 11.5 Å². The van der Waals surface area contributed by atoms with Crippen molar-refractivity contribution < 1.29 is 36.6 Å². The number of halogens is 2. The summed E-state index contributed by atoms with van der Waals surface area (Å²) in [7, 11) is -1.70. The second-order valence-electron chi connectivity index (χ2n) is 15.2. The van der Waals surface area contributed by atoms with E-state index in [1.54, 1.807) is 18.2 Å². The molecule has 0 unspecified atom stereocenters. The molecule has 4 atom stereocenters. The number of sulfonamides is 1. The maximum Gasteiger partial charge on any atom is 0.408 e.